The van der Waals surface area contributed by atoms with Crippen molar-refractivity contribution in [3.05, 3.63) is 24.2 Å². The smallest absolute Gasteiger partial charge is 0.289 e. The first-order valence-corrected chi connectivity index (χ1v) is 5.69. The molecule has 0 radical (unpaired) electrons. The van der Waals surface area contributed by atoms with E-state index >= 15 is 0 Å². The second-order valence-corrected chi connectivity index (χ2v) is 3.87. The van der Waals surface area contributed by atoms with Crippen LogP contribution in [0.3, 0.4) is 0 Å². The van der Waals surface area contributed by atoms with Crippen molar-refractivity contribution in [2.45, 2.75) is 19.3 Å². The van der Waals surface area contributed by atoms with Crippen LogP contribution < -0.4 is 5.32 Å². The molecule has 1 amide bonds. The molecule has 0 aliphatic heterocycles. The Morgan fingerprint density at radius 2 is 2.25 bits per heavy atom. The van der Waals surface area contributed by atoms with Gasteiger partial charge in [0.1, 0.15) is 0 Å². The second-order valence-electron chi connectivity index (χ2n) is 3.87. The molecule has 1 rings (SSSR count). The van der Waals surface area contributed by atoms with E-state index in [9.17, 15) is 4.79 Å². The van der Waals surface area contributed by atoms with Gasteiger partial charge in [0.2, 0.25) is 0 Å². The Labute approximate surface area is 96.6 Å². The van der Waals surface area contributed by atoms with Gasteiger partial charge < -0.3 is 14.6 Å². The molecule has 0 saturated carbocycles. The van der Waals surface area contributed by atoms with E-state index in [2.05, 4.69) is 5.32 Å². The lowest BCUT2D eigenvalue weighted by atomic mass is 10.2. The Morgan fingerprint density at radius 1 is 1.44 bits per heavy atom. The van der Waals surface area contributed by atoms with Crippen LogP contribution in [-0.4, -0.2) is 38.0 Å². The molecule has 16 heavy (non-hydrogen) atoms. The molecule has 0 fully saturated rings. The van der Waals surface area contributed by atoms with Crippen LogP contribution in [0.25, 0.3) is 0 Å². The fraction of sp³-hybridized carbons (Fsp3) is 0.583. The van der Waals surface area contributed by atoms with E-state index in [0.717, 1.165) is 32.4 Å². The van der Waals surface area contributed by atoms with Crippen LogP contribution in [0.2, 0.25) is 0 Å². The molecular formula is C12H20N2O2. The Morgan fingerprint density at radius 3 is 2.88 bits per heavy atom. The van der Waals surface area contributed by atoms with Gasteiger partial charge in [0.15, 0.2) is 5.76 Å². The number of nitrogens with one attached hydrogen (secondary N) is 1. The van der Waals surface area contributed by atoms with Crippen molar-refractivity contribution in [3.8, 4) is 0 Å². The number of hydrogen-bond acceptors (Lipinski definition) is 3. The summed E-state index contributed by atoms with van der Waals surface area (Å²) in [5.41, 5.74) is 0. The molecular weight excluding hydrogens is 204 g/mol. The SMILES string of the molecule is CNCCCCCN(C)C(=O)c1ccco1. The second kappa shape index (κ2) is 7.06. The normalized spacial score (nSPS) is 10.4. The summed E-state index contributed by atoms with van der Waals surface area (Å²) >= 11 is 0. The Bertz CT molecular complexity index is 296. The molecule has 0 bridgehead atoms. The summed E-state index contributed by atoms with van der Waals surface area (Å²) in [5, 5.41) is 3.11. The van der Waals surface area contributed by atoms with Crippen LogP contribution in [0.4, 0.5) is 0 Å². The van der Waals surface area contributed by atoms with E-state index in [1.54, 1.807) is 17.0 Å². The summed E-state index contributed by atoms with van der Waals surface area (Å²) in [6.07, 6.45) is 4.84. The van der Waals surface area contributed by atoms with Gasteiger partial charge in [-0.25, -0.2) is 0 Å². The predicted molar refractivity (Wildman–Crippen MR) is 63.4 cm³/mol. The minimum Gasteiger partial charge on any atom is -0.459 e. The number of carbonyl (C=O) groups is 1. The largest absolute Gasteiger partial charge is 0.459 e. The summed E-state index contributed by atoms with van der Waals surface area (Å²) in [4.78, 5) is 13.5. The monoisotopic (exact) mass is 224 g/mol. The highest BCUT2D eigenvalue weighted by Crippen LogP contribution is 2.05. The van der Waals surface area contributed by atoms with Gasteiger partial charge in [0.05, 0.1) is 6.26 Å². The van der Waals surface area contributed by atoms with Crippen LogP contribution in [0, 0.1) is 0 Å². The highest BCUT2D eigenvalue weighted by molar-refractivity contribution is 5.91. The van der Waals surface area contributed by atoms with Crippen molar-refractivity contribution < 1.29 is 9.21 Å². The fourth-order valence-corrected chi connectivity index (χ4v) is 1.52. The molecule has 4 nitrogen and oxygen atoms in total. The summed E-state index contributed by atoms with van der Waals surface area (Å²) in [5.74, 6) is 0.372. The predicted octanol–water partition coefficient (Wildman–Crippen LogP) is 1.74. The van der Waals surface area contributed by atoms with Gasteiger partial charge in [-0.2, -0.15) is 0 Å². The molecule has 4 heteroatoms. The quantitative estimate of drug-likeness (QED) is 0.718. The summed E-state index contributed by atoms with van der Waals surface area (Å²) in [7, 11) is 3.76. The lowest BCUT2D eigenvalue weighted by molar-refractivity contribution is 0.0761. The number of hydrogen-bond donors (Lipinski definition) is 1. The van der Waals surface area contributed by atoms with E-state index in [-0.39, 0.29) is 5.91 Å². The topological polar surface area (TPSA) is 45.5 Å². The molecule has 1 N–H and O–H groups in total. The van der Waals surface area contributed by atoms with Crippen molar-refractivity contribution >= 4 is 5.91 Å². The molecule has 1 aromatic rings. The number of carbonyl (C=O) groups excluding carboxylic acids is 1. The van der Waals surface area contributed by atoms with Gasteiger partial charge in [0, 0.05) is 13.6 Å². The Hall–Kier alpha value is -1.29. The molecule has 0 spiro atoms. The fourth-order valence-electron chi connectivity index (χ4n) is 1.52. The van der Waals surface area contributed by atoms with Gasteiger partial charge in [-0.05, 0) is 38.6 Å². The molecule has 1 aromatic heterocycles. The van der Waals surface area contributed by atoms with E-state index in [1.165, 1.54) is 6.26 Å². The minimum atomic E-state index is -0.0429. The number of nitrogens with zero attached hydrogens (tertiary/aromatic N) is 1. The first-order chi connectivity index (χ1) is 7.75. The number of unbranched alkanes of at least 4 members (excludes halogenated alkanes) is 2. The Kier molecular flexibility index (Phi) is 5.64. The summed E-state index contributed by atoms with van der Waals surface area (Å²) < 4.78 is 5.06. The molecule has 1 heterocycles. The van der Waals surface area contributed by atoms with Crippen molar-refractivity contribution in [1.29, 1.82) is 0 Å². The maximum atomic E-state index is 11.7. The summed E-state index contributed by atoms with van der Waals surface area (Å²) in [6.45, 7) is 1.82. The third kappa shape index (κ3) is 4.06. The van der Waals surface area contributed by atoms with E-state index < -0.39 is 0 Å². The van der Waals surface area contributed by atoms with Crippen molar-refractivity contribution in [1.82, 2.24) is 10.2 Å². The van der Waals surface area contributed by atoms with Crippen molar-refractivity contribution in [2.75, 3.05) is 27.2 Å². The lowest BCUT2D eigenvalue weighted by Gasteiger charge is -2.15. The Balaban J connectivity index is 2.20. The molecule has 0 unspecified atom stereocenters. The minimum absolute atomic E-state index is 0.0429. The van der Waals surface area contributed by atoms with Crippen molar-refractivity contribution in [2.24, 2.45) is 0 Å². The maximum Gasteiger partial charge on any atom is 0.289 e. The average Bonchev–Trinajstić information content (AvgIpc) is 2.81. The number of rotatable bonds is 7. The van der Waals surface area contributed by atoms with Gasteiger partial charge >= 0.3 is 0 Å². The highest BCUT2D eigenvalue weighted by atomic mass is 16.3. The molecule has 0 aromatic carbocycles. The van der Waals surface area contributed by atoms with Crippen LogP contribution in [0.1, 0.15) is 29.8 Å². The van der Waals surface area contributed by atoms with Crippen LogP contribution in [0.5, 0.6) is 0 Å². The number of furan rings is 1. The maximum absolute atomic E-state index is 11.7. The van der Waals surface area contributed by atoms with E-state index in [1.807, 2.05) is 14.1 Å². The lowest BCUT2D eigenvalue weighted by Crippen LogP contribution is -2.27. The third-order valence-corrected chi connectivity index (χ3v) is 2.50. The van der Waals surface area contributed by atoms with Crippen molar-refractivity contribution in [3.63, 3.8) is 0 Å². The first kappa shape index (κ1) is 12.8. The molecule has 0 aliphatic rings. The molecule has 0 atom stereocenters. The standard InChI is InChI=1S/C12H20N2O2/c1-13-8-4-3-5-9-14(2)12(15)11-7-6-10-16-11/h6-7,10,13H,3-5,8-9H2,1-2H3. The van der Waals surface area contributed by atoms with Crippen LogP contribution in [-0.2, 0) is 0 Å². The zero-order chi connectivity index (χ0) is 11.8. The van der Waals surface area contributed by atoms with Crippen LogP contribution in [0.15, 0.2) is 22.8 Å². The molecule has 0 aliphatic carbocycles. The average molecular weight is 224 g/mol. The van der Waals surface area contributed by atoms with E-state index in [4.69, 9.17) is 4.42 Å². The summed E-state index contributed by atoms with van der Waals surface area (Å²) in [6, 6.07) is 3.42. The van der Waals surface area contributed by atoms with Crippen LogP contribution >= 0.6 is 0 Å². The molecule has 0 saturated heterocycles. The first-order valence-electron chi connectivity index (χ1n) is 5.69. The third-order valence-electron chi connectivity index (χ3n) is 2.50. The highest BCUT2D eigenvalue weighted by Gasteiger charge is 2.13. The number of amides is 1. The van der Waals surface area contributed by atoms with Gasteiger partial charge in [-0.15, -0.1) is 0 Å². The van der Waals surface area contributed by atoms with Gasteiger partial charge in [-0.3, -0.25) is 4.79 Å². The molecule has 90 valence electrons. The van der Waals surface area contributed by atoms with Gasteiger partial charge in [-0.1, -0.05) is 6.42 Å². The zero-order valence-electron chi connectivity index (χ0n) is 10.0. The van der Waals surface area contributed by atoms with E-state index in [0.29, 0.717) is 5.76 Å². The zero-order valence-corrected chi connectivity index (χ0v) is 10.0. The van der Waals surface area contributed by atoms with Gasteiger partial charge in [0.25, 0.3) is 5.91 Å².